The Morgan fingerprint density at radius 3 is 2.52 bits per heavy atom. The lowest BCUT2D eigenvalue weighted by Crippen LogP contribution is -2.14. The number of esters is 1. The molecule has 0 aliphatic heterocycles. The third-order valence-corrected chi connectivity index (χ3v) is 4.98. The SMILES string of the molecule is O=C(CCC(=O)OCc1ccc(Br)cc1)Nc1nc(-c2ccccc2)cs1. The number of nitrogens with one attached hydrogen (secondary N) is 1. The van der Waals surface area contributed by atoms with Crippen LogP contribution in [0.5, 0.6) is 0 Å². The second kappa shape index (κ2) is 9.43. The molecule has 27 heavy (non-hydrogen) atoms. The summed E-state index contributed by atoms with van der Waals surface area (Å²) in [4.78, 5) is 28.2. The number of thiazole rings is 1. The van der Waals surface area contributed by atoms with Crippen LogP contribution in [0.4, 0.5) is 5.13 Å². The van der Waals surface area contributed by atoms with E-state index < -0.39 is 5.97 Å². The van der Waals surface area contributed by atoms with Crippen LogP contribution in [-0.2, 0) is 20.9 Å². The molecule has 0 saturated carbocycles. The first kappa shape index (κ1) is 19.3. The number of benzene rings is 2. The predicted molar refractivity (Wildman–Crippen MR) is 109 cm³/mol. The van der Waals surface area contributed by atoms with Crippen molar-refractivity contribution in [1.29, 1.82) is 0 Å². The third-order valence-electron chi connectivity index (χ3n) is 3.69. The molecule has 1 N–H and O–H groups in total. The predicted octanol–water partition coefficient (Wildman–Crippen LogP) is 5.03. The number of halogens is 1. The van der Waals surface area contributed by atoms with Gasteiger partial charge in [-0.3, -0.25) is 9.59 Å². The van der Waals surface area contributed by atoms with Crippen LogP contribution >= 0.6 is 27.3 Å². The van der Waals surface area contributed by atoms with Crippen LogP contribution in [0.25, 0.3) is 11.3 Å². The Kier molecular flexibility index (Phi) is 6.73. The maximum atomic E-state index is 12.0. The van der Waals surface area contributed by atoms with Crippen molar-refractivity contribution in [2.75, 3.05) is 5.32 Å². The molecule has 0 spiro atoms. The summed E-state index contributed by atoms with van der Waals surface area (Å²) < 4.78 is 6.15. The first-order valence-electron chi connectivity index (χ1n) is 8.31. The van der Waals surface area contributed by atoms with Crippen LogP contribution in [0, 0.1) is 0 Å². The fourth-order valence-corrected chi connectivity index (χ4v) is 3.29. The molecule has 7 heteroatoms. The van der Waals surface area contributed by atoms with Crippen molar-refractivity contribution in [1.82, 2.24) is 4.98 Å². The molecule has 0 atom stereocenters. The highest BCUT2D eigenvalue weighted by Crippen LogP contribution is 2.24. The lowest BCUT2D eigenvalue weighted by molar-refractivity contribution is -0.145. The Labute approximate surface area is 169 Å². The van der Waals surface area contributed by atoms with Crippen molar-refractivity contribution in [2.45, 2.75) is 19.4 Å². The first-order chi connectivity index (χ1) is 13.1. The zero-order chi connectivity index (χ0) is 19.1. The fraction of sp³-hybridized carbons (Fsp3) is 0.150. The van der Waals surface area contributed by atoms with Crippen LogP contribution in [0.3, 0.4) is 0 Å². The standard InChI is InChI=1S/C20H17BrN2O3S/c21-16-8-6-14(7-9-16)12-26-19(25)11-10-18(24)23-20-22-17(13-27-20)15-4-2-1-3-5-15/h1-9,13H,10-12H2,(H,22,23,24). The Morgan fingerprint density at radius 1 is 1.04 bits per heavy atom. The van der Waals surface area contributed by atoms with Crippen LogP contribution in [0.15, 0.2) is 64.5 Å². The second-order valence-corrected chi connectivity index (χ2v) is 7.51. The fourth-order valence-electron chi connectivity index (χ4n) is 2.29. The molecule has 0 fully saturated rings. The van der Waals surface area contributed by atoms with E-state index in [1.54, 1.807) is 0 Å². The highest BCUT2D eigenvalue weighted by molar-refractivity contribution is 9.10. The Morgan fingerprint density at radius 2 is 1.78 bits per heavy atom. The summed E-state index contributed by atoms with van der Waals surface area (Å²) in [5.41, 5.74) is 2.70. The largest absolute Gasteiger partial charge is 0.461 e. The molecule has 0 saturated heterocycles. The Bertz CT molecular complexity index is 910. The molecule has 0 aliphatic rings. The van der Waals surface area contributed by atoms with Gasteiger partial charge in [0.2, 0.25) is 5.91 Å². The smallest absolute Gasteiger partial charge is 0.306 e. The van der Waals surface area contributed by atoms with Crippen molar-refractivity contribution in [3.63, 3.8) is 0 Å². The van der Waals surface area contributed by atoms with E-state index in [0.717, 1.165) is 21.3 Å². The highest BCUT2D eigenvalue weighted by Gasteiger charge is 2.11. The summed E-state index contributed by atoms with van der Waals surface area (Å²) in [5, 5.41) is 5.13. The number of hydrogen-bond acceptors (Lipinski definition) is 5. The van der Waals surface area contributed by atoms with Crippen LogP contribution < -0.4 is 5.32 Å². The number of rotatable bonds is 7. The van der Waals surface area contributed by atoms with E-state index in [1.807, 2.05) is 60.0 Å². The number of nitrogens with zero attached hydrogens (tertiary/aromatic N) is 1. The Hall–Kier alpha value is -2.51. The topological polar surface area (TPSA) is 68.3 Å². The van der Waals surface area contributed by atoms with Crippen molar-refractivity contribution in [3.8, 4) is 11.3 Å². The molecule has 0 aliphatic carbocycles. The van der Waals surface area contributed by atoms with Crippen molar-refractivity contribution in [3.05, 3.63) is 70.0 Å². The van der Waals surface area contributed by atoms with Gasteiger partial charge in [-0.15, -0.1) is 11.3 Å². The van der Waals surface area contributed by atoms with Crippen molar-refractivity contribution in [2.24, 2.45) is 0 Å². The Balaban J connectivity index is 1.42. The monoisotopic (exact) mass is 444 g/mol. The van der Waals surface area contributed by atoms with E-state index in [4.69, 9.17) is 4.74 Å². The minimum absolute atomic E-state index is 0.0271. The quantitative estimate of drug-likeness (QED) is 0.518. The van der Waals surface area contributed by atoms with Crippen molar-refractivity contribution >= 4 is 44.3 Å². The molecule has 138 valence electrons. The van der Waals surface area contributed by atoms with Crippen LogP contribution in [-0.4, -0.2) is 16.9 Å². The summed E-state index contributed by atoms with van der Waals surface area (Å²) in [6, 6.07) is 17.2. The van der Waals surface area contributed by atoms with Gasteiger partial charge in [0.1, 0.15) is 6.61 Å². The minimum Gasteiger partial charge on any atom is -0.461 e. The van der Waals surface area contributed by atoms with E-state index in [0.29, 0.717) is 5.13 Å². The summed E-state index contributed by atoms with van der Waals surface area (Å²) in [5.74, 6) is -0.665. The zero-order valence-electron chi connectivity index (χ0n) is 14.4. The summed E-state index contributed by atoms with van der Waals surface area (Å²) in [7, 11) is 0. The number of ether oxygens (including phenoxy) is 1. The highest BCUT2D eigenvalue weighted by atomic mass is 79.9. The summed E-state index contributed by atoms with van der Waals surface area (Å²) >= 11 is 4.70. The van der Waals surface area contributed by atoms with E-state index in [-0.39, 0.29) is 25.4 Å². The van der Waals surface area contributed by atoms with E-state index in [9.17, 15) is 9.59 Å². The molecule has 0 unspecified atom stereocenters. The lowest BCUT2D eigenvalue weighted by atomic mass is 10.2. The van der Waals surface area contributed by atoms with E-state index >= 15 is 0 Å². The molecule has 1 heterocycles. The molecule has 1 aromatic heterocycles. The number of hydrogen-bond donors (Lipinski definition) is 1. The molecule has 0 radical (unpaired) electrons. The maximum Gasteiger partial charge on any atom is 0.306 e. The average molecular weight is 445 g/mol. The summed E-state index contributed by atoms with van der Waals surface area (Å²) in [6.07, 6.45) is 0.0820. The van der Waals surface area contributed by atoms with Gasteiger partial charge in [-0.2, -0.15) is 0 Å². The summed E-state index contributed by atoms with van der Waals surface area (Å²) in [6.45, 7) is 0.195. The van der Waals surface area contributed by atoms with Gasteiger partial charge in [0.05, 0.1) is 12.1 Å². The molecular formula is C20H17BrN2O3S. The number of carbonyl (C=O) groups is 2. The van der Waals surface area contributed by atoms with Gasteiger partial charge in [0.15, 0.2) is 5.13 Å². The van der Waals surface area contributed by atoms with Gasteiger partial charge in [0, 0.05) is 21.8 Å². The number of carbonyl (C=O) groups excluding carboxylic acids is 2. The number of amides is 1. The lowest BCUT2D eigenvalue weighted by Gasteiger charge is -2.05. The maximum absolute atomic E-state index is 12.0. The first-order valence-corrected chi connectivity index (χ1v) is 9.98. The molecule has 5 nitrogen and oxygen atoms in total. The van der Waals surface area contributed by atoms with Gasteiger partial charge < -0.3 is 10.1 Å². The molecular weight excluding hydrogens is 428 g/mol. The molecule has 1 amide bonds. The van der Waals surface area contributed by atoms with Gasteiger partial charge in [-0.1, -0.05) is 58.4 Å². The van der Waals surface area contributed by atoms with E-state index in [1.165, 1.54) is 11.3 Å². The van der Waals surface area contributed by atoms with Crippen molar-refractivity contribution < 1.29 is 14.3 Å². The third kappa shape index (κ3) is 6.01. The van der Waals surface area contributed by atoms with E-state index in [2.05, 4.69) is 26.2 Å². The van der Waals surface area contributed by atoms with Gasteiger partial charge in [0.25, 0.3) is 0 Å². The molecule has 3 aromatic rings. The number of anilines is 1. The second-order valence-electron chi connectivity index (χ2n) is 5.74. The normalized spacial score (nSPS) is 10.4. The van der Waals surface area contributed by atoms with Gasteiger partial charge in [-0.25, -0.2) is 4.98 Å². The average Bonchev–Trinajstić information content (AvgIpc) is 3.15. The van der Waals surface area contributed by atoms with Gasteiger partial charge >= 0.3 is 5.97 Å². The minimum atomic E-state index is -0.405. The molecule has 0 bridgehead atoms. The van der Waals surface area contributed by atoms with Gasteiger partial charge in [-0.05, 0) is 17.7 Å². The molecule has 2 aromatic carbocycles. The molecule has 3 rings (SSSR count). The number of aromatic nitrogens is 1. The zero-order valence-corrected chi connectivity index (χ0v) is 16.8. The van der Waals surface area contributed by atoms with Crippen LogP contribution in [0.1, 0.15) is 18.4 Å². The van der Waals surface area contributed by atoms with Crippen LogP contribution in [0.2, 0.25) is 0 Å².